The SMILES string of the molecule is CCOc1ccc(Br)cc1C(NC)C1CCCCC1(C)C. The fourth-order valence-corrected chi connectivity index (χ4v) is 4.14. The summed E-state index contributed by atoms with van der Waals surface area (Å²) in [6.07, 6.45) is 5.30. The lowest BCUT2D eigenvalue weighted by Gasteiger charge is -2.43. The molecule has 2 atom stereocenters. The second kappa shape index (κ2) is 7.15. The Hall–Kier alpha value is -0.540. The quantitative estimate of drug-likeness (QED) is 0.772. The highest BCUT2D eigenvalue weighted by Gasteiger charge is 2.38. The largest absolute Gasteiger partial charge is 0.494 e. The molecule has 118 valence electrons. The van der Waals surface area contributed by atoms with Gasteiger partial charge in [-0.25, -0.2) is 0 Å². The van der Waals surface area contributed by atoms with Crippen LogP contribution in [0.5, 0.6) is 5.75 Å². The van der Waals surface area contributed by atoms with E-state index in [4.69, 9.17) is 4.74 Å². The molecular formula is C18H28BrNO. The summed E-state index contributed by atoms with van der Waals surface area (Å²) in [5, 5.41) is 3.57. The molecule has 0 aliphatic heterocycles. The second-order valence-corrected chi connectivity index (χ2v) is 7.64. The van der Waals surface area contributed by atoms with Crippen molar-refractivity contribution in [1.82, 2.24) is 5.32 Å². The van der Waals surface area contributed by atoms with E-state index >= 15 is 0 Å². The predicted molar refractivity (Wildman–Crippen MR) is 92.9 cm³/mol. The van der Waals surface area contributed by atoms with Crippen molar-refractivity contribution in [1.29, 1.82) is 0 Å². The van der Waals surface area contributed by atoms with Crippen molar-refractivity contribution in [2.24, 2.45) is 11.3 Å². The van der Waals surface area contributed by atoms with Gasteiger partial charge in [-0.15, -0.1) is 0 Å². The molecule has 1 fully saturated rings. The maximum atomic E-state index is 5.87. The van der Waals surface area contributed by atoms with Crippen LogP contribution < -0.4 is 10.1 Å². The van der Waals surface area contributed by atoms with Crippen molar-refractivity contribution in [2.45, 2.75) is 52.5 Å². The van der Waals surface area contributed by atoms with Gasteiger partial charge in [-0.05, 0) is 56.3 Å². The minimum atomic E-state index is 0.347. The first kappa shape index (κ1) is 16.8. The molecule has 1 aromatic carbocycles. The molecule has 0 saturated heterocycles. The van der Waals surface area contributed by atoms with Crippen molar-refractivity contribution in [3.8, 4) is 5.75 Å². The van der Waals surface area contributed by atoms with Crippen LogP contribution in [0.3, 0.4) is 0 Å². The van der Waals surface area contributed by atoms with E-state index in [1.165, 1.54) is 31.2 Å². The van der Waals surface area contributed by atoms with Crippen LogP contribution in [0.2, 0.25) is 0 Å². The van der Waals surface area contributed by atoms with Gasteiger partial charge in [-0.2, -0.15) is 0 Å². The Bertz CT molecular complexity index is 472. The molecule has 0 aromatic heterocycles. The van der Waals surface area contributed by atoms with Crippen LogP contribution in [0.15, 0.2) is 22.7 Å². The normalized spacial score (nSPS) is 22.8. The first-order chi connectivity index (χ1) is 9.99. The first-order valence-electron chi connectivity index (χ1n) is 8.09. The molecule has 21 heavy (non-hydrogen) atoms. The van der Waals surface area contributed by atoms with Crippen LogP contribution in [-0.2, 0) is 0 Å². The minimum Gasteiger partial charge on any atom is -0.494 e. The molecule has 1 aliphatic rings. The van der Waals surface area contributed by atoms with E-state index in [1.54, 1.807) is 0 Å². The Morgan fingerprint density at radius 1 is 1.38 bits per heavy atom. The number of hydrogen-bond donors (Lipinski definition) is 1. The van der Waals surface area contributed by atoms with E-state index in [2.05, 4.69) is 60.3 Å². The maximum Gasteiger partial charge on any atom is 0.124 e. The molecule has 1 saturated carbocycles. The van der Waals surface area contributed by atoms with Crippen molar-refractivity contribution in [2.75, 3.05) is 13.7 Å². The van der Waals surface area contributed by atoms with Crippen LogP contribution in [0.1, 0.15) is 58.1 Å². The summed E-state index contributed by atoms with van der Waals surface area (Å²) in [5.74, 6) is 1.66. The van der Waals surface area contributed by atoms with Gasteiger partial charge < -0.3 is 10.1 Å². The molecule has 2 nitrogen and oxygen atoms in total. The molecular weight excluding hydrogens is 326 g/mol. The Labute approximate surface area is 137 Å². The van der Waals surface area contributed by atoms with Crippen LogP contribution >= 0.6 is 15.9 Å². The standard InChI is InChI=1S/C18H28BrNO/c1-5-21-16-10-9-13(19)12-14(16)17(20-4)15-8-6-7-11-18(15,2)3/h9-10,12,15,17,20H,5-8,11H2,1-4H3. The van der Waals surface area contributed by atoms with Gasteiger partial charge in [0.1, 0.15) is 5.75 Å². The zero-order valence-electron chi connectivity index (χ0n) is 13.7. The average molecular weight is 354 g/mol. The summed E-state index contributed by atoms with van der Waals surface area (Å²) in [6.45, 7) is 7.59. The summed E-state index contributed by atoms with van der Waals surface area (Å²) in [5.41, 5.74) is 1.66. The van der Waals surface area contributed by atoms with Gasteiger partial charge in [0, 0.05) is 16.1 Å². The van der Waals surface area contributed by atoms with Gasteiger partial charge in [0.15, 0.2) is 0 Å². The topological polar surface area (TPSA) is 21.3 Å². The predicted octanol–water partition coefficient (Wildman–Crippen LogP) is 5.32. The molecule has 1 N–H and O–H groups in total. The van der Waals surface area contributed by atoms with E-state index in [-0.39, 0.29) is 0 Å². The number of nitrogens with one attached hydrogen (secondary N) is 1. The van der Waals surface area contributed by atoms with Gasteiger partial charge >= 0.3 is 0 Å². The van der Waals surface area contributed by atoms with Crippen LogP contribution in [0.25, 0.3) is 0 Å². The lowest BCUT2D eigenvalue weighted by molar-refractivity contribution is 0.0999. The molecule has 2 unspecified atom stereocenters. The average Bonchev–Trinajstić information content (AvgIpc) is 2.44. The summed E-state index contributed by atoms with van der Waals surface area (Å²) in [7, 11) is 2.08. The Kier molecular flexibility index (Phi) is 5.73. The van der Waals surface area contributed by atoms with E-state index in [0.717, 1.165) is 10.2 Å². The van der Waals surface area contributed by atoms with E-state index in [0.29, 0.717) is 24.0 Å². The molecule has 1 aliphatic carbocycles. The molecule has 0 amide bonds. The Morgan fingerprint density at radius 3 is 2.76 bits per heavy atom. The minimum absolute atomic E-state index is 0.347. The monoisotopic (exact) mass is 353 g/mol. The van der Waals surface area contributed by atoms with Crippen LogP contribution in [0, 0.1) is 11.3 Å². The molecule has 2 rings (SSSR count). The highest BCUT2D eigenvalue weighted by atomic mass is 79.9. The van der Waals surface area contributed by atoms with Crippen molar-refractivity contribution < 1.29 is 4.74 Å². The molecule has 0 heterocycles. The summed E-state index contributed by atoms with van der Waals surface area (Å²) >= 11 is 3.61. The molecule has 0 radical (unpaired) electrons. The Morgan fingerprint density at radius 2 is 2.14 bits per heavy atom. The molecule has 1 aromatic rings. The number of benzene rings is 1. The highest BCUT2D eigenvalue weighted by Crippen LogP contribution is 2.48. The zero-order chi connectivity index (χ0) is 15.5. The van der Waals surface area contributed by atoms with E-state index < -0.39 is 0 Å². The van der Waals surface area contributed by atoms with Gasteiger partial charge in [0.05, 0.1) is 6.61 Å². The second-order valence-electron chi connectivity index (χ2n) is 6.72. The molecule has 0 bridgehead atoms. The number of hydrogen-bond acceptors (Lipinski definition) is 2. The fourth-order valence-electron chi connectivity index (χ4n) is 3.76. The van der Waals surface area contributed by atoms with Gasteiger partial charge in [-0.3, -0.25) is 0 Å². The van der Waals surface area contributed by atoms with Crippen LogP contribution in [0.4, 0.5) is 0 Å². The van der Waals surface area contributed by atoms with E-state index in [1.807, 2.05) is 6.92 Å². The molecule has 3 heteroatoms. The van der Waals surface area contributed by atoms with Crippen molar-refractivity contribution in [3.63, 3.8) is 0 Å². The third-order valence-electron chi connectivity index (χ3n) is 4.91. The highest BCUT2D eigenvalue weighted by molar-refractivity contribution is 9.10. The van der Waals surface area contributed by atoms with Crippen LogP contribution in [-0.4, -0.2) is 13.7 Å². The van der Waals surface area contributed by atoms with E-state index in [9.17, 15) is 0 Å². The fraction of sp³-hybridized carbons (Fsp3) is 0.667. The zero-order valence-corrected chi connectivity index (χ0v) is 15.3. The van der Waals surface area contributed by atoms with Gasteiger partial charge in [0.25, 0.3) is 0 Å². The van der Waals surface area contributed by atoms with Crippen molar-refractivity contribution in [3.05, 3.63) is 28.2 Å². The number of ether oxygens (including phenoxy) is 1. The summed E-state index contributed by atoms with van der Waals surface area (Å²) in [4.78, 5) is 0. The van der Waals surface area contributed by atoms with Gasteiger partial charge in [-0.1, -0.05) is 42.6 Å². The molecule has 0 spiro atoms. The summed E-state index contributed by atoms with van der Waals surface area (Å²) < 4.78 is 6.99. The third kappa shape index (κ3) is 3.81. The number of rotatable bonds is 5. The smallest absolute Gasteiger partial charge is 0.124 e. The van der Waals surface area contributed by atoms with Gasteiger partial charge in [0.2, 0.25) is 0 Å². The Balaban J connectivity index is 2.38. The third-order valence-corrected chi connectivity index (χ3v) is 5.40. The van der Waals surface area contributed by atoms with Crippen molar-refractivity contribution >= 4 is 15.9 Å². The number of halogens is 1. The first-order valence-corrected chi connectivity index (χ1v) is 8.88. The lowest BCUT2D eigenvalue weighted by Crippen LogP contribution is -2.38. The maximum absolute atomic E-state index is 5.87. The lowest BCUT2D eigenvalue weighted by atomic mass is 9.64. The summed E-state index contributed by atoms with van der Waals surface area (Å²) in [6, 6.07) is 6.71.